The summed E-state index contributed by atoms with van der Waals surface area (Å²) < 4.78 is 0. The Balaban J connectivity index is 2.18. The smallest absolute Gasteiger partial charge is 0.229 e. The van der Waals surface area contributed by atoms with Crippen LogP contribution in [0.1, 0.15) is 42.9 Å². The van der Waals surface area contributed by atoms with Crippen LogP contribution in [0.25, 0.3) is 0 Å². The number of hydrogen-bond donors (Lipinski definition) is 1. The zero-order chi connectivity index (χ0) is 14.5. The van der Waals surface area contributed by atoms with Crippen molar-refractivity contribution in [1.82, 2.24) is 10.2 Å². The van der Waals surface area contributed by atoms with Crippen LogP contribution in [0.3, 0.4) is 0 Å². The lowest BCUT2D eigenvalue weighted by molar-refractivity contribution is -0.144. The molecule has 0 saturated carbocycles. The number of imide groups is 1. The summed E-state index contributed by atoms with van der Waals surface area (Å²) in [5.74, 6) is -0.0809. The van der Waals surface area contributed by atoms with E-state index in [4.69, 9.17) is 0 Å². The van der Waals surface area contributed by atoms with Crippen molar-refractivity contribution in [2.45, 2.75) is 38.6 Å². The molecule has 2 rings (SSSR count). The lowest BCUT2D eigenvalue weighted by Gasteiger charge is -2.26. The van der Waals surface area contributed by atoms with Crippen molar-refractivity contribution in [2.24, 2.45) is 0 Å². The number of rotatable bonds is 4. The van der Waals surface area contributed by atoms with E-state index >= 15 is 0 Å². The molecule has 0 aromatic heterocycles. The molecule has 4 nitrogen and oxygen atoms in total. The highest BCUT2D eigenvalue weighted by Crippen LogP contribution is 2.21. The van der Waals surface area contributed by atoms with E-state index < -0.39 is 0 Å². The fourth-order valence-corrected chi connectivity index (χ4v) is 2.67. The van der Waals surface area contributed by atoms with E-state index in [2.05, 4.69) is 5.32 Å². The zero-order valence-corrected chi connectivity index (χ0v) is 12.2. The van der Waals surface area contributed by atoms with Gasteiger partial charge in [0.2, 0.25) is 11.8 Å². The highest BCUT2D eigenvalue weighted by atomic mass is 16.2. The maximum absolute atomic E-state index is 12.1. The fraction of sp³-hybridized carbons (Fsp3) is 0.500. The summed E-state index contributed by atoms with van der Waals surface area (Å²) in [5, 5.41) is 3.22. The first kappa shape index (κ1) is 14.7. The molecule has 2 amide bonds. The van der Waals surface area contributed by atoms with Gasteiger partial charge in [-0.15, -0.1) is 0 Å². The van der Waals surface area contributed by atoms with Crippen molar-refractivity contribution in [3.8, 4) is 0 Å². The van der Waals surface area contributed by atoms with Gasteiger partial charge in [0, 0.05) is 19.4 Å². The minimum Gasteiger partial charge on any atom is -0.312 e. The second-order valence-electron chi connectivity index (χ2n) is 5.30. The van der Waals surface area contributed by atoms with Crippen LogP contribution < -0.4 is 5.32 Å². The van der Waals surface area contributed by atoms with Crippen molar-refractivity contribution in [1.29, 1.82) is 0 Å². The Hall–Kier alpha value is -1.68. The standard InChI is InChI=1S/C16H22N2O2/c1-12-7-3-4-8-13(12)14(17-2)11-18-15(19)9-5-6-10-16(18)20/h3-4,7-8,14,17H,5-6,9-11H2,1-2H3. The molecule has 1 heterocycles. The summed E-state index contributed by atoms with van der Waals surface area (Å²) in [6.45, 7) is 2.46. The van der Waals surface area contributed by atoms with Crippen LogP contribution in [-0.2, 0) is 9.59 Å². The maximum atomic E-state index is 12.1. The van der Waals surface area contributed by atoms with Crippen LogP contribution in [0.15, 0.2) is 24.3 Å². The molecular formula is C16H22N2O2. The molecule has 1 N–H and O–H groups in total. The molecule has 0 bridgehead atoms. The molecular weight excluding hydrogens is 252 g/mol. The van der Waals surface area contributed by atoms with Gasteiger partial charge in [0.05, 0.1) is 6.04 Å². The molecule has 1 fully saturated rings. The minimum absolute atomic E-state index is 0.0119. The Labute approximate surface area is 120 Å². The van der Waals surface area contributed by atoms with Gasteiger partial charge in [-0.25, -0.2) is 0 Å². The third kappa shape index (κ3) is 3.25. The largest absolute Gasteiger partial charge is 0.312 e. The summed E-state index contributed by atoms with van der Waals surface area (Å²) in [4.78, 5) is 25.6. The van der Waals surface area contributed by atoms with Gasteiger partial charge in [-0.3, -0.25) is 14.5 Å². The number of carbonyl (C=O) groups is 2. The first-order chi connectivity index (χ1) is 9.63. The van der Waals surface area contributed by atoms with Crippen LogP contribution >= 0.6 is 0 Å². The number of carbonyl (C=O) groups excluding carboxylic acids is 2. The number of benzene rings is 1. The third-order valence-electron chi connectivity index (χ3n) is 3.91. The predicted octanol–water partition coefficient (Wildman–Crippen LogP) is 2.18. The maximum Gasteiger partial charge on any atom is 0.229 e. The predicted molar refractivity (Wildman–Crippen MR) is 78.2 cm³/mol. The molecule has 0 aliphatic carbocycles. The summed E-state index contributed by atoms with van der Waals surface area (Å²) in [5.41, 5.74) is 2.31. The van der Waals surface area contributed by atoms with Crippen molar-refractivity contribution in [3.05, 3.63) is 35.4 Å². The molecule has 1 saturated heterocycles. The Kier molecular flexibility index (Phi) is 4.90. The van der Waals surface area contributed by atoms with E-state index in [1.165, 1.54) is 10.5 Å². The fourth-order valence-electron chi connectivity index (χ4n) is 2.67. The Bertz CT molecular complexity index is 481. The summed E-state index contributed by atoms with van der Waals surface area (Å²) in [6.07, 6.45) is 2.59. The first-order valence-corrected chi connectivity index (χ1v) is 7.19. The van der Waals surface area contributed by atoms with Crippen LogP contribution in [0.5, 0.6) is 0 Å². The van der Waals surface area contributed by atoms with Crippen molar-refractivity contribution >= 4 is 11.8 Å². The van der Waals surface area contributed by atoms with Crippen LogP contribution in [0, 0.1) is 6.92 Å². The van der Waals surface area contributed by atoms with Crippen molar-refractivity contribution in [2.75, 3.05) is 13.6 Å². The van der Waals surface area contributed by atoms with Crippen molar-refractivity contribution in [3.63, 3.8) is 0 Å². The number of amides is 2. The average molecular weight is 274 g/mol. The molecule has 1 aliphatic rings. The van der Waals surface area contributed by atoms with Gasteiger partial charge in [-0.2, -0.15) is 0 Å². The topological polar surface area (TPSA) is 49.4 Å². The Morgan fingerprint density at radius 3 is 2.30 bits per heavy atom. The van der Waals surface area contributed by atoms with Gasteiger partial charge in [0.25, 0.3) is 0 Å². The van der Waals surface area contributed by atoms with Gasteiger partial charge in [0.1, 0.15) is 0 Å². The molecule has 4 heteroatoms. The molecule has 0 spiro atoms. The lowest BCUT2D eigenvalue weighted by atomic mass is 10.0. The molecule has 1 aromatic carbocycles. The van der Waals surface area contributed by atoms with E-state index in [0.29, 0.717) is 19.4 Å². The Morgan fingerprint density at radius 2 is 1.75 bits per heavy atom. The van der Waals surface area contributed by atoms with Gasteiger partial charge < -0.3 is 5.32 Å². The number of aryl methyl sites for hydroxylation is 1. The van der Waals surface area contributed by atoms with E-state index in [0.717, 1.165) is 18.4 Å². The molecule has 1 aromatic rings. The van der Waals surface area contributed by atoms with E-state index in [1.54, 1.807) is 0 Å². The second-order valence-corrected chi connectivity index (χ2v) is 5.30. The summed E-state index contributed by atoms with van der Waals surface area (Å²) in [6, 6.07) is 8.06. The molecule has 1 atom stereocenters. The monoisotopic (exact) mass is 274 g/mol. The second kappa shape index (κ2) is 6.66. The molecule has 1 unspecified atom stereocenters. The average Bonchev–Trinajstić information content (AvgIpc) is 2.60. The van der Waals surface area contributed by atoms with Crippen LogP contribution in [0.2, 0.25) is 0 Å². The molecule has 1 aliphatic heterocycles. The zero-order valence-electron chi connectivity index (χ0n) is 12.2. The van der Waals surface area contributed by atoms with Crippen LogP contribution in [0.4, 0.5) is 0 Å². The summed E-state index contributed by atoms with van der Waals surface area (Å²) in [7, 11) is 1.86. The number of likely N-dealkylation sites (tertiary alicyclic amines) is 1. The highest BCUT2D eigenvalue weighted by Gasteiger charge is 2.27. The van der Waals surface area contributed by atoms with E-state index in [-0.39, 0.29) is 17.9 Å². The molecule has 0 radical (unpaired) electrons. The molecule has 20 heavy (non-hydrogen) atoms. The lowest BCUT2D eigenvalue weighted by Crippen LogP contribution is -2.41. The highest BCUT2D eigenvalue weighted by molar-refractivity contribution is 5.96. The summed E-state index contributed by atoms with van der Waals surface area (Å²) >= 11 is 0. The quantitative estimate of drug-likeness (QED) is 0.856. The van der Waals surface area contributed by atoms with Gasteiger partial charge in [-0.1, -0.05) is 24.3 Å². The minimum atomic E-state index is -0.0404. The van der Waals surface area contributed by atoms with Crippen LogP contribution in [-0.4, -0.2) is 30.3 Å². The molecule has 108 valence electrons. The van der Waals surface area contributed by atoms with E-state index in [1.807, 2.05) is 38.2 Å². The third-order valence-corrected chi connectivity index (χ3v) is 3.91. The van der Waals surface area contributed by atoms with E-state index in [9.17, 15) is 9.59 Å². The normalized spacial score (nSPS) is 18.0. The Morgan fingerprint density at radius 1 is 1.15 bits per heavy atom. The number of nitrogens with one attached hydrogen (secondary N) is 1. The van der Waals surface area contributed by atoms with Gasteiger partial charge in [-0.05, 0) is 37.9 Å². The SMILES string of the molecule is CNC(CN1C(=O)CCCCC1=O)c1ccccc1C. The first-order valence-electron chi connectivity index (χ1n) is 7.19. The van der Waals surface area contributed by atoms with Gasteiger partial charge in [0.15, 0.2) is 0 Å². The number of nitrogens with zero attached hydrogens (tertiary/aromatic N) is 1. The van der Waals surface area contributed by atoms with Gasteiger partial charge >= 0.3 is 0 Å². The number of likely N-dealkylation sites (N-methyl/N-ethyl adjacent to an activating group) is 1. The number of hydrogen-bond acceptors (Lipinski definition) is 3. The van der Waals surface area contributed by atoms with Crippen molar-refractivity contribution < 1.29 is 9.59 Å².